The zero-order valence-corrected chi connectivity index (χ0v) is 22.2. The number of fused-ring (bicyclic) bond motifs is 1. The van der Waals surface area contributed by atoms with Crippen LogP contribution in [0.1, 0.15) is 22.9 Å². The summed E-state index contributed by atoms with van der Waals surface area (Å²) in [7, 11) is 1.63. The van der Waals surface area contributed by atoms with Gasteiger partial charge in [-0.15, -0.1) is 5.10 Å². The maximum absolute atomic E-state index is 13.7. The molecule has 0 unspecified atom stereocenters. The monoisotopic (exact) mass is 561 g/mol. The van der Waals surface area contributed by atoms with Gasteiger partial charge in [0.05, 0.1) is 52.9 Å². The van der Waals surface area contributed by atoms with Gasteiger partial charge in [-0.25, -0.2) is 9.07 Å². The van der Waals surface area contributed by atoms with Gasteiger partial charge in [-0.1, -0.05) is 58.7 Å². The predicted molar refractivity (Wildman–Crippen MR) is 150 cm³/mol. The van der Waals surface area contributed by atoms with Crippen molar-refractivity contribution in [2.75, 3.05) is 24.4 Å². The molecule has 2 heterocycles. The number of aromatic nitrogens is 4. The van der Waals surface area contributed by atoms with Crippen molar-refractivity contribution in [3.63, 3.8) is 0 Å². The van der Waals surface area contributed by atoms with Gasteiger partial charge < -0.3 is 15.4 Å². The molecule has 2 aromatic heterocycles. The molecule has 0 saturated heterocycles. The Bertz CT molecular complexity index is 1670. The van der Waals surface area contributed by atoms with E-state index in [0.717, 1.165) is 5.56 Å². The van der Waals surface area contributed by atoms with Crippen molar-refractivity contribution in [3.05, 3.63) is 106 Å². The molecule has 0 aliphatic rings. The van der Waals surface area contributed by atoms with Crippen molar-refractivity contribution >= 4 is 51.2 Å². The van der Waals surface area contributed by atoms with E-state index in [1.165, 1.54) is 24.4 Å². The number of benzene rings is 3. The first-order valence-corrected chi connectivity index (χ1v) is 12.7. The van der Waals surface area contributed by atoms with Gasteiger partial charge >= 0.3 is 0 Å². The maximum atomic E-state index is 13.7. The lowest BCUT2D eigenvalue weighted by Gasteiger charge is -2.21. The summed E-state index contributed by atoms with van der Waals surface area (Å²) < 4.78 is 20.6. The van der Waals surface area contributed by atoms with Crippen LogP contribution in [0.2, 0.25) is 10.0 Å². The Morgan fingerprint density at radius 2 is 1.95 bits per heavy atom. The molecule has 0 radical (unpaired) electrons. The zero-order valence-electron chi connectivity index (χ0n) is 20.7. The standard InChI is InChI=1S/C28H22Cl2FN7O/c1-39-10-9-38-16-25(36-37-38)27(17-5-3-2-4-6-17)35-24-12-19(29)11-21-26(18(14-32)15-33-28(21)24)34-20-7-8-23(31)22(30)13-20/h2-8,11-13,15-16,27,35H,9-10H2,1H3,(H,33,34)/t27-/m0/s1. The number of anilines is 3. The summed E-state index contributed by atoms with van der Waals surface area (Å²) >= 11 is 12.6. The zero-order chi connectivity index (χ0) is 27.4. The Labute approximate surface area is 234 Å². The van der Waals surface area contributed by atoms with Gasteiger partial charge in [-0.3, -0.25) is 4.98 Å². The van der Waals surface area contributed by atoms with E-state index in [4.69, 9.17) is 27.9 Å². The Hall–Kier alpha value is -4.23. The second kappa shape index (κ2) is 11.7. The minimum absolute atomic E-state index is 0.0403. The lowest BCUT2D eigenvalue weighted by atomic mass is 10.0. The molecule has 8 nitrogen and oxygen atoms in total. The van der Waals surface area contributed by atoms with E-state index in [9.17, 15) is 9.65 Å². The van der Waals surface area contributed by atoms with Crippen LogP contribution in [0.25, 0.3) is 10.9 Å². The Morgan fingerprint density at radius 3 is 2.69 bits per heavy atom. The van der Waals surface area contributed by atoms with Crippen LogP contribution in [0, 0.1) is 17.1 Å². The van der Waals surface area contributed by atoms with Crippen molar-refractivity contribution in [1.82, 2.24) is 20.0 Å². The quantitative estimate of drug-likeness (QED) is 0.205. The van der Waals surface area contributed by atoms with E-state index in [2.05, 4.69) is 32.0 Å². The lowest BCUT2D eigenvalue weighted by Crippen LogP contribution is -2.14. The number of hydrogen-bond donors (Lipinski definition) is 2. The summed E-state index contributed by atoms with van der Waals surface area (Å²) in [5.74, 6) is -0.539. The Kier molecular flexibility index (Phi) is 7.89. The largest absolute Gasteiger partial charge is 0.383 e. The van der Waals surface area contributed by atoms with Crippen molar-refractivity contribution < 1.29 is 9.13 Å². The summed E-state index contributed by atoms with van der Waals surface area (Å²) in [5.41, 5.74) is 4.11. The van der Waals surface area contributed by atoms with Crippen LogP contribution in [-0.2, 0) is 11.3 Å². The molecule has 0 spiro atoms. The van der Waals surface area contributed by atoms with Crippen molar-refractivity contribution in [2.24, 2.45) is 0 Å². The number of rotatable bonds is 9. The predicted octanol–water partition coefficient (Wildman–Crippen LogP) is 6.74. The molecule has 0 saturated carbocycles. The summed E-state index contributed by atoms with van der Waals surface area (Å²) in [4.78, 5) is 4.59. The molecule has 0 amide bonds. The highest BCUT2D eigenvalue weighted by molar-refractivity contribution is 6.32. The molecular formula is C28H22Cl2FN7O. The van der Waals surface area contributed by atoms with Crippen molar-refractivity contribution in [3.8, 4) is 6.07 Å². The lowest BCUT2D eigenvalue weighted by molar-refractivity contribution is 0.183. The molecule has 0 bridgehead atoms. The van der Waals surface area contributed by atoms with Crippen LogP contribution >= 0.6 is 23.2 Å². The minimum Gasteiger partial charge on any atom is -0.383 e. The van der Waals surface area contributed by atoms with Gasteiger partial charge in [-0.2, -0.15) is 5.26 Å². The molecule has 0 fully saturated rings. The smallest absolute Gasteiger partial charge is 0.141 e. The third kappa shape index (κ3) is 5.78. The van der Waals surface area contributed by atoms with Crippen LogP contribution < -0.4 is 10.6 Å². The van der Waals surface area contributed by atoms with Crippen LogP contribution in [0.4, 0.5) is 21.5 Å². The van der Waals surface area contributed by atoms with Gasteiger partial charge in [-0.05, 0) is 35.9 Å². The second-order valence-corrected chi connectivity index (χ2v) is 9.49. The molecule has 1 atom stereocenters. The SMILES string of the molecule is COCCn1cc([C@@H](Nc2cc(Cl)cc3c(Nc4ccc(F)c(Cl)c4)c(C#N)cnc23)c2ccccc2)nn1. The molecule has 0 aliphatic carbocycles. The summed E-state index contributed by atoms with van der Waals surface area (Å²) in [6.45, 7) is 1.07. The normalized spacial score (nSPS) is 11.8. The first-order chi connectivity index (χ1) is 19.0. The van der Waals surface area contributed by atoms with Gasteiger partial charge in [0, 0.05) is 29.4 Å². The fraction of sp³-hybridized carbons (Fsp3) is 0.143. The van der Waals surface area contributed by atoms with E-state index in [-0.39, 0.29) is 16.6 Å². The molecule has 39 heavy (non-hydrogen) atoms. The minimum atomic E-state index is -0.539. The van der Waals surface area contributed by atoms with E-state index >= 15 is 0 Å². The molecule has 5 aromatic rings. The van der Waals surface area contributed by atoms with Crippen LogP contribution in [-0.4, -0.2) is 33.7 Å². The highest BCUT2D eigenvalue weighted by Gasteiger charge is 2.21. The van der Waals surface area contributed by atoms with Crippen molar-refractivity contribution in [2.45, 2.75) is 12.6 Å². The average Bonchev–Trinajstić information content (AvgIpc) is 3.41. The number of nitrogens with one attached hydrogen (secondary N) is 2. The van der Waals surface area contributed by atoms with E-state index in [1.54, 1.807) is 23.9 Å². The number of nitrogens with zero attached hydrogens (tertiary/aromatic N) is 5. The number of hydrogen-bond acceptors (Lipinski definition) is 7. The van der Waals surface area contributed by atoms with Crippen LogP contribution in [0.15, 0.2) is 73.1 Å². The molecular weight excluding hydrogens is 540 g/mol. The molecule has 2 N–H and O–H groups in total. The van der Waals surface area contributed by atoms with Gasteiger partial charge in [0.15, 0.2) is 0 Å². The second-order valence-electron chi connectivity index (χ2n) is 8.65. The number of pyridine rings is 1. The number of ether oxygens (including phenoxy) is 1. The average molecular weight is 562 g/mol. The number of nitriles is 1. The summed E-state index contributed by atoms with van der Waals surface area (Å²) in [6.07, 6.45) is 3.34. The summed E-state index contributed by atoms with van der Waals surface area (Å²) in [6, 6.07) is 19.3. The number of methoxy groups -OCH3 is 1. The van der Waals surface area contributed by atoms with Crippen molar-refractivity contribution in [1.29, 1.82) is 5.26 Å². The van der Waals surface area contributed by atoms with Gasteiger partial charge in [0.25, 0.3) is 0 Å². The first kappa shape index (κ1) is 26.4. The fourth-order valence-corrected chi connectivity index (χ4v) is 4.58. The molecule has 11 heteroatoms. The Balaban J connectivity index is 1.60. The van der Waals surface area contributed by atoms with Crippen LogP contribution in [0.3, 0.4) is 0 Å². The highest BCUT2D eigenvalue weighted by Crippen LogP contribution is 2.37. The topological polar surface area (TPSA) is 101 Å². The summed E-state index contributed by atoms with van der Waals surface area (Å²) in [5, 5.41) is 26.2. The maximum Gasteiger partial charge on any atom is 0.141 e. The molecule has 3 aromatic carbocycles. The van der Waals surface area contributed by atoms with E-state index < -0.39 is 5.82 Å². The molecule has 5 rings (SSSR count). The third-order valence-electron chi connectivity index (χ3n) is 6.05. The third-order valence-corrected chi connectivity index (χ3v) is 6.56. The molecule has 196 valence electrons. The fourth-order valence-electron chi connectivity index (χ4n) is 4.18. The van der Waals surface area contributed by atoms with Gasteiger partial charge in [0.2, 0.25) is 0 Å². The van der Waals surface area contributed by atoms with Gasteiger partial charge in [0.1, 0.15) is 17.6 Å². The van der Waals surface area contributed by atoms with E-state index in [0.29, 0.717) is 51.8 Å². The number of halogens is 3. The van der Waals surface area contributed by atoms with E-state index in [1.807, 2.05) is 36.5 Å². The Morgan fingerprint density at radius 1 is 1.13 bits per heavy atom. The van der Waals surface area contributed by atoms with Crippen LogP contribution in [0.5, 0.6) is 0 Å². The molecule has 0 aliphatic heterocycles. The first-order valence-electron chi connectivity index (χ1n) is 11.9. The highest BCUT2D eigenvalue weighted by atomic mass is 35.5.